The van der Waals surface area contributed by atoms with Gasteiger partial charge < -0.3 is 5.32 Å². The van der Waals surface area contributed by atoms with Gasteiger partial charge in [-0.25, -0.2) is 4.98 Å². The Bertz CT molecular complexity index is 500. The molecule has 0 bridgehead atoms. The van der Waals surface area contributed by atoms with Crippen molar-refractivity contribution in [3.8, 4) is 0 Å². The lowest BCUT2D eigenvalue weighted by Crippen LogP contribution is -2.27. The molecule has 0 atom stereocenters. The predicted molar refractivity (Wildman–Crippen MR) is 65.0 cm³/mol. The van der Waals surface area contributed by atoms with Gasteiger partial charge in [0, 0.05) is 5.92 Å². The van der Waals surface area contributed by atoms with E-state index in [1.165, 1.54) is 0 Å². The Morgan fingerprint density at radius 1 is 1.31 bits per heavy atom. The third-order valence-electron chi connectivity index (χ3n) is 3.24. The second kappa shape index (κ2) is 4.07. The molecule has 1 saturated heterocycles. The van der Waals surface area contributed by atoms with Gasteiger partial charge >= 0.3 is 0 Å². The van der Waals surface area contributed by atoms with Gasteiger partial charge in [-0.3, -0.25) is 4.40 Å². The highest BCUT2D eigenvalue weighted by atomic mass is 35.5. The van der Waals surface area contributed by atoms with E-state index >= 15 is 0 Å². The van der Waals surface area contributed by atoms with Crippen molar-refractivity contribution in [3.05, 3.63) is 35.4 Å². The Kier molecular flexibility index (Phi) is 2.58. The molecular formula is C12H14ClN3. The second-order valence-electron chi connectivity index (χ2n) is 4.25. The maximum absolute atomic E-state index is 6.23. The number of aromatic nitrogens is 2. The third kappa shape index (κ3) is 1.60. The molecule has 0 radical (unpaired) electrons. The first-order chi connectivity index (χ1) is 7.86. The average Bonchev–Trinajstić information content (AvgIpc) is 2.75. The van der Waals surface area contributed by atoms with Gasteiger partial charge in [0.2, 0.25) is 0 Å². The summed E-state index contributed by atoms with van der Waals surface area (Å²) in [5.74, 6) is 1.64. The van der Waals surface area contributed by atoms with Crippen molar-refractivity contribution in [2.24, 2.45) is 0 Å². The number of pyridine rings is 1. The third-order valence-corrected chi connectivity index (χ3v) is 3.53. The molecule has 1 fully saturated rings. The van der Waals surface area contributed by atoms with Crippen molar-refractivity contribution < 1.29 is 0 Å². The maximum Gasteiger partial charge on any atom is 0.117 e. The highest BCUT2D eigenvalue weighted by Gasteiger charge is 2.20. The van der Waals surface area contributed by atoms with Crippen molar-refractivity contribution >= 4 is 17.1 Å². The van der Waals surface area contributed by atoms with Crippen molar-refractivity contribution in [2.45, 2.75) is 18.8 Å². The summed E-state index contributed by atoms with van der Waals surface area (Å²) in [5, 5.41) is 4.12. The Hall–Kier alpha value is -1.06. The summed E-state index contributed by atoms with van der Waals surface area (Å²) in [5.41, 5.74) is 1.08. The zero-order valence-corrected chi connectivity index (χ0v) is 9.74. The molecule has 3 rings (SSSR count). The van der Waals surface area contributed by atoms with Crippen molar-refractivity contribution in [1.82, 2.24) is 14.7 Å². The topological polar surface area (TPSA) is 29.3 Å². The summed E-state index contributed by atoms with van der Waals surface area (Å²) < 4.78 is 2.07. The van der Waals surface area contributed by atoms with Crippen LogP contribution in [0, 0.1) is 0 Å². The molecule has 1 aliphatic rings. The summed E-state index contributed by atoms with van der Waals surface area (Å²) in [6.07, 6.45) is 4.19. The van der Waals surface area contributed by atoms with Gasteiger partial charge in [-0.05, 0) is 38.1 Å². The lowest BCUT2D eigenvalue weighted by atomic mass is 9.97. The largest absolute Gasteiger partial charge is 0.317 e. The number of hydrogen-bond acceptors (Lipinski definition) is 2. The van der Waals surface area contributed by atoms with Crippen LogP contribution in [0.1, 0.15) is 24.6 Å². The van der Waals surface area contributed by atoms with Crippen LogP contribution in [0.3, 0.4) is 0 Å². The first kappa shape index (κ1) is 10.1. The fourth-order valence-electron chi connectivity index (χ4n) is 2.40. The molecule has 3 heterocycles. The molecule has 0 aromatic carbocycles. The van der Waals surface area contributed by atoms with Gasteiger partial charge in [0.05, 0.1) is 11.7 Å². The normalized spacial score (nSPS) is 18.1. The predicted octanol–water partition coefficient (Wildman–Crippen LogP) is 2.45. The van der Waals surface area contributed by atoms with E-state index in [1.807, 2.05) is 24.4 Å². The minimum absolute atomic E-state index is 0.531. The number of nitrogens with zero attached hydrogens (tertiary/aromatic N) is 2. The molecule has 2 aromatic rings. The van der Waals surface area contributed by atoms with Gasteiger partial charge in [-0.1, -0.05) is 17.7 Å². The number of nitrogens with one attached hydrogen (secondary N) is 1. The zero-order chi connectivity index (χ0) is 11.0. The van der Waals surface area contributed by atoms with Gasteiger partial charge in [-0.2, -0.15) is 0 Å². The van der Waals surface area contributed by atoms with E-state index in [-0.39, 0.29) is 0 Å². The van der Waals surface area contributed by atoms with Crippen LogP contribution in [-0.4, -0.2) is 22.5 Å². The van der Waals surface area contributed by atoms with Gasteiger partial charge in [0.25, 0.3) is 0 Å². The summed E-state index contributed by atoms with van der Waals surface area (Å²) >= 11 is 6.23. The molecule has 3 nitrogen and oxygen atoms in total. The van der Waals surface area contributed by atoms with Crippen LogP contribution in [0.25, 0.3) is 5.52 Å². The number of halogens is 1. The van der Waals surface area contributed by atoms with Gasteiger partial charge in [-0.15, -0.1) is 0 Å². The van der Waals surface area contributed by atoms with Crippen LogP contribution in [0.5, 0.6) is 0 Å². The molecule has 0 saturated carbocycles. The van der Waals surface area contributed by atoms with Crippen molar-refractivity contribution in [1.29, 1.82) is 0 Å². The molecule has 16 heavy (non-hydrogen) atoms. The number of imidazole rings is 1. The molecule has 4 heteroatoms. The summed E-state index contributed by atoms with van der Waals surface area (Å²) in [4.78, 5) is 4.53. The van der Waals surface area contributed by atoms with Gasteiger partial charge in [0.1, 0.15) is 11.0 Å². The lowest BCUT2D eigenvalue weighted by Gasteiger charge is -2.21. The molecule has 0 aliphatic carbocycles. The minimum atomic E-state index is 0.531. The van der Waals surface area contributed by atoms with E-state index in [9.17, 15) is 0 Å². The molecule has 1 aliphatic heterocycles. The van der Waals surface area contributed by atoms with Crippen LogP contribution in [-0.2, 0) is 0 Å². The molecule has 2 aromatic heterocycles. The Morgan fingerprint density at radius 3 is 2.94 bits per heavy atom. The maximum atomic E-state index is 6.23. The van der Waals surface area contributed by atoms with Crippen molar-refractivity contribution in [3.63, 3.8) is 0 Å². The lowest BCUT2D eigenvalue weighted by molar-refractivity contribution is 0.444. The molecular weight excluding hydrogens is 222 g/mol. The van der Waals surface area contributed by atoms with E-state index in [1.54, 1.807) is 0 Å². The molecule has 0 unspecified atom stereocenters. The monoisotopic (exact) mass is 235 g/mol. The fourth-order valence-corrected chi connectivity index (χ4v) is 2.66. The number of rotatable bonds is 1. The van der Waals surface area contributed by atoms with Crippen LogP contribution in [0.15, 0.2) is 24.4 Å². The Balaban J connectivity index is 2.09. The summed E-state index contributed by atoms with van der Waals surface area (Å²) in [6, 6.07) is 5.93. The van der Waals surface area contributed by atoms with E-state index in [0.29, 0.717) is 5.92 Å². The number of piperidine rings is 1. The summed E-state index contributed by atoms with van der Waals surface area (Å²) in [6.45, 7) is 2.15. The molecule has 0 amide bonds. The van der Waals surface area contributed by atoms with E-state index in [0.717, 1.165) is 42.4 Å². The molecule has 0 spiro atoms. The average molecular weight is 236 g/mol. The smallest absolute Gasteiger partial charge is 0.117 e. The standard InChI is InChI=1S/C12H14ClN3/c13-11-3-1-2-10-8-15-12(16(10)11)9-4-6-14-7-5-9/h1-3,8-9,14H,4-7H2. The Morgan fingerprint density at radius 2 is 2.12 bits per heavy atom. The van der Waals surface area contributed by atoms with Crippen LogP contribution in [0.2, 0.25) is 5.15 Å². The van der Waals surface area contributed by atoms with Crippen LogP contribution < -0.4 is 5.32 Å². The SMILES string of the molecule is Clc1cccc2cnc(C3CCNCC3)n12. The fraction of sp³-hybridized carbons (Fsp3) is 0.417. The quantitative estimate of drug-likeness (QED) is 0.770. The first-order valence-electron chi connectivity index (χ1n) is 5.69. The summed E-state index contributed by atoms with van der Waals surface area (Å²) in [7, 11) is 0. The number of hydrogen-bond donors (Lipinski definition) is 1. The Labute approximate surface area is 99.4 Å². The van der Waals surface area contributed by atoms with Crippen LogP contribution >= 0.6 is 11.6 Å². The molecule has 1 N–H and O–H groups in total. The van der Waals surface area contributed by atoms with Gasteiger partial charge in [0.15, 0.2) is 0 Å². The van der Waals surface area contributed by atoms with E-state index < -0.39 is 0 Å². The van der Waals surface area contributed by atoms with Crippen LogP contribution in [0.4, 0.5) is 0 Å². The first-order valence-corrected chi connectivity index (χ1v) is 6.06. The number of fused-ring (bicyclic) bond motifs is 1. The molecule has 84 valence electrons. The highest BCUT2D eigenvalue weighted by Crippen LogP contribution is 2.27. The highest BCUT2D eigenvalue weighted by molar-refractivity contribution is 6.29. The minimum Gasteiger partial charge on any atom is -0.317 e. The van der Waals surface area contributed by atoms with E-state index in [2.05, 4.69) is 14.7 Å². The van der Waals surface area contributed by atoms with E-state index in [4.69, 9.17) is 11.6 Å². The van der Waals surface area contributed by atoms with Crippen molar-refractivity contribution in [2.75, 3.05) is 13.1 Å². The zero-order valence-electron chi connectivity index (χ0n) is 8.99. The second-order valence-corrected chi connectivity index (χ2v) is 4.64.